The zero-order valence-electron chi connectivity index (χ0n) is 19.0. The number of carbonyl (C=O) groups is 4. The number of benzene rings is 2. The lowest BCUT2D eigenvalue weighted by molar-refractivity contribution is -0.135. The molecule has 1 heterocycles. The Bertz CT molecular complexity index is 1080. The van der Waals surface area contributed by atoms with Crippen molar-refractivity contribution in [3.63, 3.8) is 0 Å². The van der Waals surface area contributed by atoms with Gasteiger partial charge in [-0.25, -0.2) is 9.69 Å². The topological polar surface area (TPSA) is 113 Å². The summed E-state index contributed by atoms with van der Waals surface area (Å²) in [6.07, 6.45) is 2.22. The maximum Gasteiger partial charge on any atom is 0.328 e. The minimum absolute atomic E-state index is 0.00804. The minimum Gasteiger partial charge on any atom is -0.497 e. The van der Waals surface area contributed by atoms with Crippen molar-refractivity contribution in [3.05, 3.63) is 66.2 Å². The molecular weight excluding hydrogens is 440 g/mol. The number of hydrogen-bond donors (Lipinski definition) is 1. The predicted octanol–water partition coefficient (Wildman–Crippen LogP) is 2.79. The molecule has 1 saturated heterocycles. The van der Waals surface area contributed by atoms with Crippen molar-refractivity contribution in [3.8, 4) is 11.5 Å². The molecule has 2 aromatic rings. The SMILES string of the molecule is CCCOc1ccc(N2C(=O)C[C@H](N(Cc3ccc(OC)cc3)C(=O)/C=C/C(=O)O)C2=O)cc1. The van der Waals surface area contributed by atoms with Crippen LogP contribution in [0.1, 0.15) is 25.3 Å². The van der Waals surface area contributed by atoms with Crippen LogP contribution < -0.4 is 14.4 Å². The van der Waals surface area contributed by atoms with E-state index in [4.69, 9.17) is 14.6 Å². The number of carboxylic acid groups (broad SMARTS) is 1. The maximum absolute atomic E-state index is 13.3. The van der Waals surface area contributed by atoms with Gasteiger partial charge in [-0.3, -0.25) is 14.4 Å². The van der Waals surface area contributed by atoms with E-state index in [0.717, 1.165) is 17.4 Å². The first-order chi connectivity index (χ1) is 16.3. The molecule has 1 aliphatic heterocycles. The number of methoxy groups -OCH3 is 1. The number of amides is 3. The van der Waals surface area contributed by atoms with Gasteiger partial charge in [0.2, 0.25) is 11.8 Å². The van der Waals surface area contributed by atoms with Gasteiger partial charge in [0, 0.05) is 18.7 Å². The Morgan fingerprint density at radius 2 is 1.71 bits per heavy atom. The van der Waals surface area contributed by atoms with Crippen LogP contribution in [0.4, 0.5) is 5.69 Å². The Hall–Kier alpha value is -4.14. The standard InChI is InChI=1S/C25H26N2O7/c1-3-14-34-20-10-6-18(7-11-20)27-23(29)15-21(25(27)32)26(22(28)12-13-24(30)31)16-17-4-8-19(33-2)9-5-17/h4-13,21H,3,14-16H2,1-2H3,(H,30,31)/b13-12+/t21-/m0/s1. The lowest BCUT2D eigenvalue weighted by Crippen LogP contribution is -2.44. The zero-order chi connectivity index (χ0) is 24.7. The summed E-state index contributed by atoms with van der Waals surface area (Å²) in [4.78, 5) is 52.1. The van der Waals surface area contributed by atoms with Crippen LogP contribution in [-0.4, -0.2) is 53.5 Å². The van der Waals surface area contributed by atoms with Gasteiger partial charge in [-0.05, 0) is 48.4 Å². The lowest BCUT2D eigenvalue weighted by Gasteiger charge is -2.27. The van der Waals surface area contributed by atoms with Gasteiger partial charge in [0.1, 0.15) is 17.5 Å². The summed E-state index contributed by atoms with van der Waals surface area (Å²) >= 11 is 0. The van der Waals surface area contributed by atoms with Crippen LogP contribution in [0.2, 0.25) is 0 Å². The first-order valence-electron chi connectivity index (χ1n) is 10.8. The Morgan fingerprint density at radius 1 is 1.06 bits per heavy atom. The first-order valence-corrected chi connectivity index (χ1v) is 10.8. The summed E-state index contributed by atoms with van der Waals surface area (Å²) in [6.45, 7) is 2.55. The normalized spacial score (nSPS) is 15.6. The van der Waals surface area contributed by atoms with Gasteiger partial charge in [0.05, 0.1) is 25.8 Å². The van der Waals surface area contributed by atoms with Gasteiger partial charge in [0.15, 0.2) is 0 Å². The summed E-state index contributed by atoms with van der Waals surface area (Å²) < 4.78 is 10.7. The number of carboxylic acids is 1. The van der Waals surface area contributed by atoms with Crippen LogP contribution in [0.25, 0.3) is 0 Å². The van der Waals surface area contributed by atoms with E-state index >= 15 is 0 Å². The summed E-state index contributed by atoms with van der Waals surface area (Å²) in [5, 5.41) is 8.91. The number of ether oxygens (including phenoxy) is 2. The number of anilines is 1. The number of carbonyl (C=O) groups excluding carboxylic acids is 3. The zero-order valence-corrected chi connectivity index (χ0v) is 19.0. The van der Waals surface area contributed by atoms with E-state index in [-0.39, 0.29) is 13.0 Å². The predicted molar refractivity (Wildman–Crippen MR) is 123 cm³/mol. The summed E-state index contributed by atoms with van der Waals surface area (Å²) in [6, 6.07) is 12.4. The van der Waals surface area contributed by atoms with Crippen molar-refractivity contribution in [2.24, 2.45) is 0 Å². The Kier molecular flexibility index (Phi) is 8.02. The molecule has 1 aliphatic rings. The van der Waals surface area contributed by atoms with Crippen LogP contribution >= 0.6 is 0 Å². The highest BCUT2D eigenvalue weighted by Crippen LogP contribution is 2.28. The molecule has 1 fully saturated rings. The van der Waals surface area contributed by atoms with Gasteiger partial charge < -0.3 is 19.5 Å². The molecule has 0 aromatic heterocycles. The highest BCUT2D eigenvalue weighted by Gasteiger charge is 2.44. The van der Waals surface area contributed by atoms with Gasteiger partial charge >= 0.3 is 5.97 Å². The fraction of sp³-hybridized carbons (Fsp3) is 0.280. The Balaban J connectivity index is 1.86. The third-order valence-electron chi connectivity index (χ3n) is 5.23. The first kappa shape index (κ1) is 24.5. The van der Waals surface area contributed by atoms with Crippen LogP contribution in [0.5, 0.6) is 11.5 Å². The number of imide groups is 1. The van der Waals surface area contributed by atoms with E-state index in [1.807, 2.05) is 6.92 Å². The van der Waals surface area contributed by atoms with E-state index in [0.29, 0.717) is 35.4 Å². The smallest absolute Gasteiger partial charge is 0.328 e. The van der Waals surface area contributed by atoms with E-state index in [9.17, 15) is 19.2 Å². The summed E-state index contributed by atoms with van der Waals surface area (Å²) in [7, 11) is 1.53. The van der Waals surface area contributed by atoms with Crippen LogP contribution in [0, 0.1) is 0 Å². The van der Waals surface area contributed by atoms with E-state index in [1.54, 1.807) is 48.5 Å². The highest BCUT2D eigenvalue weighted by atomic mass is 16.5. The summed E-state index contributed by atoms with van der Waals surface area (Å²) in [5.41, 5.74) is 1.06. The fourth-order valence-electron chi connectivity index (χ4n) is 3.55. The molecular formula is C25H26N2O7. The Morgan fingerprint density at radius 3 is 2.29 bits per heavy atom. The van der Waals surface area contributed by atoms with Crippen molar-refractivity contribution in [2.45, 2.75) is 32.4 Å². The molecule has 178 valence electrons. The Labute approximate surface area is 197 Å². The quantitative estimate of drug-likeness (QED) is 0.423. The molecule has 0 aliphatic carbocycles. The monoisotopic (exact) mass is 466 g/mol. The molecule has 0 saturated carbocycles. The largest absolute Gasteiger partial charge is 0.497 e. The molecule has 3 rings (SSSR count). The molecule has 0 unspecified atom stereocenters. The molecule has 3 amide bonds. The number of rotatable bonds is 10. The third-order valence-corrected chi connectivity index (χ3v) is 5.23. The van der Waals surface area contributed by atoms with Gasteiger partial charge in [0.25, 0.3) is 5.91 Å². The highest BCUT2D eigenvalue weighted by molar-refractivity contribution is 6.23. The molecule has 2 aromatic carbocycles. The van der Waals surface area contributed by atoms with Crippen LogP contribution in [0.3, 0.4) is 0 Å². The van der Waals surface area contributed by atoms with Crippen LogP contribution in [-0.2, 0) is 25.7 Å². The molecule has 0 radical (unpaired) electrons. The van der Waals surface area contributed by atoms with E-state index in [2.05, 4.69) is 0 Å². The van der Waals surface area contributed by atoms with Gasteiger partial charge in [-0.15, -0.1) is 0 Å². The molecule has 1 atom stereocenters. The lowest BCUT2D eigenvalue weighted by atomic mass is 10.1. The third kappa shape index (κ3) is 5.80. The molecule has 0 spiro atoms. The average molecular weight is 466 g/mol. The van der Waals surface area contributed by atoms with Crippen molar-refractivity contribution < 1.29 is 33.8 Å². The van der Waals surface area contributed by atoms with Crippen molar-refractivity contribution in [1.82, 2.24) is 4.90 Å². The molecule has 0 bridgehead atoms. The second-order valence-corrected chi connectivity index (χ2v) is 7.62. The maximum atomic E-state index is 13.3. The van der Waals surface area contributed by atoms with Crippen molar-refractivity contribution in [1.29, 1.82) is 0 Å². The number of nitrogens with zero attached hydrogens (tertiary/aromatic N) is 2. The summed E-state index contributed by atoms with van der Waals surface area (Å²) in [5.74, 6) is -1.74. The van der Waals surface area contributed by atoms with E-state index < -0.39 is 29.7 Å². The van der Waals surface area contributed by atoms with Crippen molar-refractivity contribution in [2.75, 3.05) is 18.6 Å². The molecule has 9 heteroatoms. The molecule has 34 heavy (non-hydrogen) atoms. The molecule has 1 N–H and O–H groups in total. The van der Waals surface area contributed by atoms with Crippen molar-refractivity contribution >= 4 is 29.4 Å². The second-order valence-electron chi connectivity index (χ2n) is 7.62. The van der Waals surface area contributed by atoms with Gasteiger partial charge in [-0.2, -0.15) is 0 Å². The van der Waals surface area contributed by atoms with E-state index in [1.165, 1.54) is 12.0 Å². The second kappa shape index (κ2) is 11.1. The average Bonchev–Trinajstić information content (AvgIpc) is 3.13. The number of hydrogen-bond acceptors (Lipinski definition) is 6. The fourth-order valence-corrected chi connectivity index (χ4v) is 3.55. The van der Waals surface area contributed by atoms with Gasteiger partial charge in [-0.1, -0.05) is 19.1 Å². The molecule has 9 nitrogen and oxygen atoms in total. The van der Waals surface area contributed by atoms with Crippen LogP contribution in [0.15, 0.2) is 60.7 Å². The minimum atomic E-state index is -1.29. The number of aliphatic carboxylic acids is 1.